The summed E-state index contributed by atoms with van der Waals surface area (Å²) in [6, 6.07) is 13.4. The Labute approximate surface area is 138 Å². The Bertz CT molecular complexity index is 815. The molecule has 0 saturated heterocycles. The molecular formula is C18H15NO5. The standard InChI is InChI=1S/C18H15NO5/c1-23-17(21)11-5-4-6-12(9-11)19-16(20)10-15-13-7-2-3-8-14(13)18(22)24-15/h2-9,15H,10H2,1H3,(H,19,20)/t15-/m0/s1. The summed E-state index contributed by atoms with van der Waals surface area (Å²) in [6.45, 7) is 0. The van der Waals surface area contributed by atoms with Crippen molar-refractivity contribution in [3.05, 3.63) is 65.2 Å². The van der Waals surface area contributed by atoms with Gasteiger partial charge in [0.2, 0.25) is 5.91 Å². The zero-order valence-corrected chi connectivity index (χ0v) is 12.9. The van der Waals surface area contributed by atoms with Crippen LogP contribution in [0.5, 0.6) is 0 Å². The third kappa shape index (κ3) is 3.12. The van der Waals surface area contributed by atoms with Gasteiger partial charge in [-0.05, 0) is 24.3 Å². The molecule has 0 radical (unpaired) electrons. The molecule has 0 spiro atoms. The highest BCUT2D eigenvalue weighted by molar-refractivity contribution is 5.97. The second kappa shape index (κ2) is 6.54. The summed E-state index contributed by atoms with van der Waals surface area (Å²) in [6.07, 6.45) is -0.594. The predicted molar refractivity (Wildman–Crippen MR) is 85.6 cm³/mol. The molecule has 2 aromatic rings. The number of fused-ring (bicyclic) bond motifs is 1. The molecule has 0 aromatic heterocycles. The molecule has 0 fully saturated rings. The van der Waals surface area contributed by atoms with Crippen LogP contribution in [0.25, 0.3) is 0 Å². The van der Waals surface area contributed by atoms with E-state index in [1.54, 1.807) is 42.5 Å². The van der Waals surface area contributed by atoms with Gasteiger partial charge in [0.25, 0.3) is 0 Å². The van der Waals surface area contributed by atoms with Crippen molar-refractivity contribution in [3.8, 4) is 0 Å². The zero-order valence-electron chi connectivity index (χ0n) is 12.9. The van der Waals surface area contributed by atoms with Gasteiger partial charge in [-0.3, -0.25) is 4.79 Å². The van der Waals surface area contributed by atoms with Crippen LogP contribution in [0.1, 0.15) is 38.8 Å². The summed E-state index contributed by atoms with van der Waals surface area (Å²) in [7, 11) is 1.29. The number of methoxy groups -OCH3 is 1. The Morgan fingerprint density at radius 1 is 1.17 bits per heavy atom. The van der Waals surface area contributed by atoms with Gasteiger partial charge in [-0.1, -0.05) is 24.3 Å². The smallest absolute Gasteiger partial charge is 0.339 e. The number of ether oxygens (including phenoxy) is 2. The highest BCUT2D eigenvalue weighted by Crippen LogP contribution is 2.32. The fraction of sp³-hybridized carbons (Fsp3) is 0.167. The van der Waals surface area contributed by atoms with Crippen LogP contribution in [0, 0.1) is 0 Å². The molecule has 122 valence electrons. The van der Waals surface area contributed by atoms with Crippen molar-refractivity contribution in [1.29, 1.82) is 0 Å². The van der Waals surface area contributed by atoms with Crippen molar-refractivity contribution in [1.82, 2.24) is 0 Å². The van der Waals surface area contributed by atoms with Gasteiger partial charge in [0, 0.05) is 11.3 Å². The van der Waals surface area contributed by atoms with E-state index in [0.29, 0.717) is 22.4 Å². The Balaban J connectivity index is 1.69. The average Bonchev–Trinajstić information content (AvgIpc) is 2.90. The van der Waals surface area contributed by atoms with Gasteiger partial charge in [-0.25, -0.2) is 9.59 Å². The minimum absolute atomic E-state index is 0.00516. The summed E-state index contributed by atoms with van der Waals surface area (Å²) >= 11 is 0. The second-order valence-electron chi connectivity index (χ2n) is 5.31. The molecule has 0 unspecified atom stereocenters. The lowest BCUT2D eigenvalue weighted by Crippen LogP contribution is -2.16. The number of amides is 1. The molecule has 1 atom stereocenters. The molecule has 2 aromatic carbocycles. The van der Waals surface area contributed by atoms with E-state index in [9.17, 15) is 14.4 Å². The molecule has 1 heterocycles. The SMILES string of the molecule is COC(=O)c1cccc(NC(=O)C[C@@H]2OC(=O)c3ccccc32)c1. The fourth-order valence-corrected chi connectivity index (χ4v) is 2.59. The van der Waals surface area contributed by atoms with Crippen LogP contribution >= 0.6 is 0 Å². The average molecular weight is 325 g/mol. The van der Waals surface area contributed by atoms with Gasteiger partial charge in [0.15, 0.2) is 0 Å². The Kier molecular flexibility index (Phi) is 4.29. The number of anilines is 1. The summed E-state index contributed by atoms with van der Waals surface area (Å²) < 4.78 is 9.89. The van der Waals surface area contributed by atoms with Gasteiger partial charge >= 0.3 is 11.9 Å². The first-order valence-corrected chi connectivity index (χ1v) is 7.36. The molecule has 1 aliphatic heterocycles. The second-order valence-corrected chi connectivity index (χ2v) is 5.31. The van der Waals surface area contributed by atoms with E-state index in [0.717, 1.165) is 0 Å². The van der Waals surface area contributed by atoms with Gasteiger partial charge < -0.3 is 14.8 Å². The molecule has 6 nitrogen and oxygen atoms in total. The number of hydrogen-bond acceptors (Lipinski definition) is 5. The summed E-state index contributed by atoms with van der Waals surface area (Å²) in [5.41, 5.74) is 2.01. The highest BCUT2D eigenvalue weighted by atomic mass is 16.5. The minimum atomic E-state index is -0.600. The molecule has 24 heavy (non-hydrogen) atoms. The van der Waals surface area contributed by atoms with Crippen molar-refractivity contribution in [2.75, 3.05) is 12.4 Å². The van der Waals surface area contributed by atoms with Crippen molar-refractivity contribution in [3.63, 3.8) is 0 Å². The van der Waals surface area contributed by atoms with E-state index in [1.807, 2.05) is 0 Å². The predicted octanol–water partition coefficient (Wildman–Crippen LogP) is 2.71. The molecule has 1 amide bonds. The number of carbonyl (C=O) groups is 3. The number of cyclic esters (lactones) is 1. The van der Waals surface area contributed by atoms with E-state index in [4.69, 9.17) is 4.74 Å². The largest absolute Gasteiger partial charge is 0.465 e. The lowest BCUT2D eigenvalue weighted by molar-refractivity contribution is -0.118. The maximum Gasteiger partial charge on any atom is 0.339 e. The Morgan fingerprint density at radius 2 is 1.96 bits per heavy atom. The first-order valence-electron chi connectivity index (χ1n) is 7.36. The van der Waals surface area contributed by atoms with Crippen molar-refractivity contribution >= 4 is 23.5 Å². The molecule has 0 aliphatic carbocycles. The third-order valence-corrected chi connectivity index (χ3v) is 3.72. The van der Waals surface area contributed by atoms with E-state index >= 15 is 0 Å². The summed E-state index contributed by atoms with van der Waals surface area (Å²) in [5.74, 6) is -1.22. The molecule has 1 N–H and O–H groups in total. The van der Waals surface area contributed by atoms with E-state index in [2.05, 4.69) is 10.1 Å². The van der Waals surface area contributed by atoms with Crippen molar-refractivity contribution < 1.29 is 23.9 Å². The first kappa shape index (κ1) is 15.7. The number of carbonyl (C=O) groups excluding carboxylic acids is 3. The van der Waals surface area contributed by atoms with E-state index in [1.165, 1.54) is 13.2 Å². The van der Waals surface area contributed by atoms with Crippen LogP contribution in [-0.2, 0) is 14.3 Å². The van der Waals surface area contributed by atoms with Gasteiger partial charge in [0.1, 0.15) is 6.10 Å². The van der Waals surface area contributed by atoms with Gasteiger partial charge in [-0.2, -0.15) is 0 Å². The summed E-state index contributed by atoms with van der Waals surface area (Å²) in [5, 5.41) is 2.70. The zero-order chi connectivity index (χ0) is 17.1. The van der Waals surface area contributed by atoms with Crippen molar-refractivity contribution in [2.24, 2.45) is 0 Å². The maximum absolute atomic E-state index is 12.2. The lowest BCUT2D eigenvalue weighted by Gasteiger charge is -2.11. The molecule has 3 rings (SSSR count). The van der Waals surface area contributed by atoms with Crippen LogP contribution in [0.3, 0.4) is 0 Å². The van der Waals surface area contributed by atoms with Crippen molar-refractivity contribution in [2.45, 2.75) is 12.5 Å². The van der Waals surface area contributed by atoms with E-state index < -0.39 is 18.0 Å². The Hall–Kier alpha value is -3.15. The monoisotopic (exact) mass is 325 g/mol. The molecule has 6 heteroatoms. The highest BCUT2D eigenvalue weighted by Gasteiger charge is 2.32. The van der Waals surface area contributed by atoms with Crippen LogP contribution in [0.4, 0.5) is 5.69 Å². The third-order valence-electron chi connectivity index (χ3n) is 3.72. The number of benzene rings is 2. The van der Waals surface area contributed by atoms with Crippen LogP contribution in [0.2, 0.25) is 0 Å². The van der Waals surface area contributed by atoms with Crippen LogP contribution in [0.15, 0.2) is 48.5 Å². The molecule has 0 bridgehead atoms. The summed E-state index contributed by atoms with van der Waals surface area (Å²) in [4.78, 5) is 35.5. The molecule has 1 aliphatic rings. The maximum atomic E-state index is 12.2. The molecular weight excluding hydrogens is 310 g/mol. The normalized spacial score (nSPS) is 15.4. The molecule has 0 saturated carbocycles. The van der Waals surface area contributed by atoms with Gasteiger partial charge in [0.05, 0.1) is 24.7 Å². The Morgan fingerprint density at radius 3 is 2.75 bits per heavy atom. The van der Waals surface area contributed by atoms with Gasteiger partial charge in [-0.15, -0.1) is 0 Å². The topological polar surface area (TPSA) is 81.7 Å². The van der Waals surface area contributed by atoms with E-state index in [-0.39, 0.29) is 12.3 Å². The van der Waals surface area contributed by atoms with Crippen LogP contribution < -0.4 is 5.32 Å². The first-order chi connectivity index (χ1) is 11.6. The minimum Gasteiger partial charge on any atom is -0.465 e. The number of hydrogen-bond donors (Lipinski definition) is 1. The number of nitrogens with one attached hydrogen (secondary N) is 1. The number of esters is 2. The quantitative estimate of drug-likeness (QED) is 0.874. The fourth-order valence-electron chi connectivity index (χ4n) is 2.59. The van der Waals surface area contributed by atoms with Crippen LogP contribution in [-0.4, -0.2) is 25.0 Å². The lowest BCUT2D eigenvalue weighted by atomic mass is 10.0. The number of rotatable bonds is 4.